The highest BCUT2D eigenvalue weighted by molar-refractivity contribution is 5.96. The Morgan fingerprint density at radius 1 is 1.20 bits per heavy atom. The van der Waals surface area contributed by atoms with Gasteiger partial charge in [0.2, 0.25) is 5.91 Å². The highest BCUT2D eigenvalue weighted by atomic mass is 16.2. The minimum absolute atomic E-state index is 0.217. The molecule has 1 amide bonds. The fourth-order valence-corrected chi connectivity index (χ4v) is 1.59. The minimum atomic E-state index is -0.733. The summed E-state index contributed by atoms with van der Waals surface area (Å²) in [7, 11) is 0. The molecule has 0 spiro atoms. The van der Waals surface area contributed by atoms with Crippen LogP contribution in [0.1, 0.15) is 13.8 Å². The van der Waals surface area contributed by atoms with Crippen LogP contribution in [0, 0.1) is 5.41 Å². The van der Waals surface area contributed by atoms with E-state index in [0.717, 1.165) is 0 Å². The highest BCUT2D eigenvalue weighted by Gasteiger charge is 2.25. The molecule has 0 atom stereocenters. The minimum Gasteiger partial charge on any atom is -0.329 e. The maximum Gasteiger partial charge on any atom is 0.314 e. The number of hydrogen-bond acceptors (Lipinski definition) is 4. The molecule has 7 nitrogen and oxygen atoms in total. The van der Waals surface area contributed by atoms with E-state index in [1.54, 1.807) is 32.0 Å². The third-order valence-corrected chi connectivity index (χ3v) is 3.11. The van der Waals surface area contributed by atoms with Crippen molar-refractivity contribution in [3.05, 3.63) is 38.9 Å². The summed E-state index contributed by atoms with van der Waals surface area (Å²) in [6.45, 7) is 3.70. The number of anilines is 1. The largest absolute Gasteiger partial charge is 0.329 e. The Morgan fingerprint density at radius 3 is 2.40 bits per heavy atom. The van der Waals surface area contributed by atoms with Crippen molar-refractivity contribution in [1.29, 1.82) is 0 Å². The molecule has 1 aromatic carbocycles. The van der Waals surface area contributed by atoms with Gasteiger partial charge in [0.05, 0.1) is 16.4 Å². The van der Waals surface area contributed by atoms with Gasteiger partial charge in [0, 0.05) is 12.2 Å². The van der Waals surface area contributed by atoms with Crippen LogP contribution in [0.2, 0.25) is 0 Å². The number of aromatic amines is 2. The Labute approximate surface area is 114 Å². The van der Waals surface area contributed by atoms with Gasteiger partial charge in [-0.15, -0.1) is 0 Å². The molecule has 106 valence electrons. The van der Waals surface area contributed by atoms with E-state index in [0.29, 0.717) is 16.7 Å². The van der Waals surface area contributed by atoms with Crippen molar-refractivity contribution in [3.63, 3.8) is 0 Å². The maximum atomic E-state index is 12.0. The molecule has 0 bridgehead atoms. The topological polar surface area (TPSA) is 121 Å². The second-order valence-electron chi connectivity index (χ2n) is 5.21. The van der Waals surface area contributed by atoms with Crippen LogP contribution >= 0.6 is 0 Å². The van der Waals surface area contributed by atoms with Crippen molar-refractivity contribution >= 4 is 22.6 Å². The van der Waals surface area contributed by atoms with Gasteiger partial charge in [-0.2, -0.15) is 0 Å². The number of nitrogens with two attached hydrogens (primary N) is 1. The van der Waals surface area contributed by atoms with Gasteiger partial charge in [0.1, 0.15) is 0 Å². The van der Waals surface area contributed by atoms with Gasteiger partial charge in [0.25, 0.3) is 0 Å². The van der Waals surface area contributed by atoms with Crippen LogP contribution in [-0.4, -0.2) is 22.4 Å². The third-order valence-electron chi connectivity index (χ3n) is 3.11. The van der Waals surface area contributed by atoms with Crippen molar-refractivity contribution in [1.82, 2.24) is 9.97 Å². The van der Waals surface area contributed by atoms with E-state index in [9.17, 15) is 14.4 Å². The van der Waals surface area contributed by atoms with E-state index in [4.69, 9.17) is 5.73 Å². The van der Waals surface area contributed by atoms with E-state index < -0.39 is 16.5 Å². The van der Waals surface area contributed by atoms with E-state index in [2.05, 4.69) is 15.3 Å². The number of hydrogen-bond donors (Lipinski definition) is 4. The molecule has 2 aromatic rings. The highest BCUT2D eigenvalue weighted by Crippen LogP contribution is 2.19. The number of fused-ring (bicyclic) bond motifs is 1. The van der Waals surface area contributed by atoms with E-state index >= 15 is 0 Å². The van der Waals surface area contributed by atoms with Crippen LogP contribution in [-0.2, 0) is 4.79 Å². The van der Waals surface area contributed by atoms with E-state index in [-0.39, 0.29) is 12.5 Å². The lowest BCUT2D eigenvalue weighted by molar-refractivity contribution is -0.123. The Morgan fingerprint density at radius 2 is 1.80 bits per heavy atom. The molecule has 20 heavy (non-hydrogen) atoms. The molecule has 7 heteroatoms. The number of rotatable bonds is 3. The second kappa shape index (κ2) is 4.93. The number of nitrogens with one attached hydrogen (secondary N) is 3. The number of H-pyrrole nitrogens is 2. The SMILES string of the molecule is CC(C)(CN)C(=O)Nc1ccc2[nH]c(=O)c(=O)[nH]c2c1. The first kappa shape index (κ1) is 14.0. The maximum absolute atomic E-state index is 12.0. The molecule has 2 rings (SSSR count). The normalized spacial score (nSPS) is 11.6. The average molecular weight is 276 g/mol. The van der Waals surface area contributed by atoms with Crippen LogP contribution in [0.25, 0.3) is 11.0 Å². The third kappa shape index (κ3) is 2.62. The summed E-state index contributed by atoms with van der Waals surface area (Å²) in [5, 5.41) is 2.73. The van der Waals surface area contributed by atoms with Gasteiger partial charge >= 0.3 is 11.1 Å². The lowest BCUT2D eigenvalue weighted by Crippen LogP contribution is -2.37. The van der Waals surface area contributed by atoms with Crippen molar-refractivity contribution < 1.29 is 4.79 Å². The zero-order valence-corrected chi connectivity index (χ0v) is 11.2. The molecule has 1 heterocycles. The van der Waals surface area contributed by atoms with Crippen LogP contribution in [0.3, 0.4) is 0 Å². The van der Waals surface area contributed by atoms with Crippen LogP contribution in [0.15, 0.2) is 27.8 Å². The first-order valence-corrected chi connectivity index (χ1v) is 6.11. The van der Waals surface area contributed by atoms with Crippen molar-refractivity contribution in [2.75, 3.05) is 11.9 Å². The molecule has 5 N–H and O–H groups in total. The lowest BCUT2D eigenvalue weighted by atomic mass is 9.92. The van der Waals surface area contributed by atoms with Crippen LogP contribution in [0.4, 0.5) is 5.69 Å². The first-order valence-electron chi connectivity index (χ1n) is 6.11. The summed E-state index contributed by atoms with van der Waals surface area (Å²) < 4.78 is 0. The van der Waals surface area contributed by atoms with Crippen molar-refractivity contribution in [3.8, 4) is 0 Å². The zero-order valence-electron chi connectivity index (χ0n) is 11.2. The van der Waals surface area contributed by atoms with Gasteiger partial charge < -0.3 is 21.0 Å². The number of amides is 1. The van der Waals surface area contributed by atoms with Gasteiger partial charge in [-0.25, -0.2) is 0 Å². The van der Waals surface area contributed by atoms with Crippen molar-refractivity contribution in [2.24, 2.45) is 11.1 Å². The lowest BCUT2D eigenvalue weighted by Gasteiger charge is -2.21. The second-order valence-corrected chi connectivity index (χ2v) is 5.21. The standard InChI is InChI=1S/C13H16N4O3/c1-13(2,6-14)12(20)15-7-3-4-8-9(5-7)17-11(19)10(18)16-8/h3-5H,6,14H2,1-2H3,(H,15,20)(H,16,18)(H,17,19). The predicted octanol–water partition coefficient (Wildman–Crippen LogP) is 0.140. The van der Waals surface area contributed by atoms with Gasteiger partial charge in [-0.3, -0.25) is 14.4 Å². The molecular weight excluding hydrogens is 260 g/mol. The van der Waals surface area contributed by atoms with Crippen molar-refractivity contribution in [2.45, 2.75) is 13.8 Å². The molecule has 0 saturated carbocycles. The number of carbonyl (C=O) groups is 1. The summed E-state index contributed by atoms with van der Waals surface area (Å²) in [5.74, 6) is -0.217. The quantitative estimate of drug-likeness (QED) is 0.596. The summed E-state index contributed by atoms with van der Waals surface area (Å²) >= 11 is 0. The molecular formula is C13H16N4O3. The number of benzene rings is 1. The zero-order chi connectivity index (χ0) is 14.9. The Kier molecular flexibility index (Phi) is 3.46. The molecule has 0 aliphatic heterocycles. The molecule has 1 aromatic heterocycles. The molecule has 0 saturated heterocycles. The predicted molar refractivity (Wildman–Crippen MR) is 76.7 cm³/mol. The Bertz CT molecular complexity index is 773. The van der Waals surface area contributed by atoms with Crippen LogP contribution in [0.5, 0.6) is 0 Å². The summed E-state index contributed by atoms with van der Waals surface area (Å²) in [5.41, 5.74) is 4.86. The Balaban J connectivity index is 2.38. The molecule has 0 radical (unpaired) electrons. The van der Waals surface area contributed by atoms with Gasteiger partial charge in [-0.05, 0) is 32.0 Å². The number of aromatic nitrogens is 2. The summed E-state index contributed by atoms with van der Waals surface area (Å²) in [4.78, 5) is 39.4. The van der Waals surface area contributed by atoms with E-state index in [1.165, 1.54) is 0 Å². The molecule has 0 aliphatic rings. The number of carbonyl (C=O) groups excluding carboxylic acids is 1. The summed E-state index contributed by atoms with van der Waals surface area (Å²) in [6.07, 6.45) is 0. The molecule has 0 unspecified atom stereocenters. The fourth-order valence-electron chi connectivity index (χ4n) is 1.59. The van der Waals surface area contributed by atoms with E-state index in [1.807, 2.05) is 0 Å². The smallest absolute Gasteiger partial charge is 0.314 e. The van der Waals surface area contributed by atoms with Gasteiger partial charge in [-0.1, -0.05) is 0 Å². The average Bonchev–Trinajstić information content (AvgIpc) is 2.40. The monoisotopic (exact) mass is 276 g/mol. The summed E-state index contributed by atoms with van der Waals surface area (Å²) in [6, 6.07) is 4.83. The fraction of sp³-hybridized carbons (Fsp3) is 0.308. The Hall–Kier alpha value is -2.41. The van der Waals surface area contributed by atoms with Gasteiger partial charge in [0.15, 0.2) is 0 Å². The molecule has 0 fully saturated rings. The molecule has 0 aliphatic carbocycles. The van der Waals surface area contributed by atoms with Crippen LogP contribution < -0.4 is 22.2 Å². The first-order chi connectivity index (χ1) is 9.33.